The molecule has 3 aromatic rings. The number of alkyl carbamates (subject to hydrolysis) is 1. The Labute approximate surface area is 196 Å². The number of fused-ring (bicyclic) bond motifs is 3. The number of amides is 1. The molecule has 0 bridgehead atoms. The fraction of sp³-hybridized carbons (Fsp3) is 0.200. The van der Waals surface area contributed by atoms with Gasteiger partial charge in [-0.15, -0.1) is 0 Å². The summed E-state index contributed by atoms with van der Waals surface area (Å²) in [7, 11) is 0. The molecule has 1 amide bonds. The minimum atomic E-state index is -2.31. The molecule has 4 rings (SSSR count). The summed E-state index contributed by atoms with van der Waals surface area (Å²) in [5.41, 5.74) is 2.68. The number of carboxylic acid groups (broad SMARTS) is 1. The van der Waals surface area contributed by atoms with Gasteiger partial charge in [0.1, 0.15) is 12.6 Å². The predicted octanol–water partition coefficient (Wildman–Crippen LogP) is 5.31. The van der Waals surface area contributed by atoms with Crippen molar-refractivity contribution in [2.75, 3.05) is 6.61 Å². The summed E-state index contributed by atoms with van der Waals surface area (Å²) in [5.74, 6) is -12.5. The molecule has 1 atom stereocenters. The van der Waals surface area contributed by atoms with E-state index in [1.807, 2.05) is 48.5 Å². The van der Waals surface area contributed by atoms with Gasteiger partial charge in [0.25, 0.3) is 0 Å². The van der Waals surface area contributed by atoms with Crippen molar-refractivity contribution in [3.63, 3.8) is 0 Å². The van der Waals surface area contributed by atoms with Gasteiger partial charge in [0.05, 0.1) is 0 Å². The molecule has 35 heavy (non-hydrogen) atoms. The maximum Gasteiger partial charge on any atom is 0.407 e. The molecule has 182 valence electrons. The van der Waals surface area contributed by atoms with E-state index in [4.69, 9.17) is 4.74 Å². The maximum absolute atomic E-state index is 13.9. The van der Waals surface area contributed by atoms with Crippen molar-refractivity contribution >= 4 is 12.1 Å². The minimum absolute atomic E-state index is 0.107. The zero-order valence-corrected chi connectivity index (χ0v) is 18.0. The van der Waals surface area contributed by atoms with E-state index < -0.39 is 65.6 Å². The highest BCUT2D eigenvalue weighted by atomic mass is 19.2. The Morgan fingerprint density at radius 3 is 1.83 bits per heavy atom. The molecular weight excluding hydrogens is 473 g/mol. The quantitative estimate of drug-likeness (QED) is 0.267. The number of carboxylic acids is 1. The van der Waals surface area contributed by atoms with E-state index in [0.717, 1.165) is 22.3 Å². The first-order chi connectivity index (χ1) is 16.7. The molecule has 3 aromatic carbocycles. The number of carbonyl (C=O) groups excluding carboxylic acids is 1. The Balaban J connectivity index is 1.43. The molecule has 0 radical (unpaired) electrons. The van der Waals surface area contributed by atoms with Crippen LogP contribution in [0.5, 0.6) is 0 Å². The van der Waals surface area contributed by atoms with Gasteiger partial charge in [0, 0.05) is 11.5 Å². The number of benzene rings is 3. The number of nitrogens with one attached hydrogen (secondary N) is 1. The number of rotatable bonds is 7. The van der Waals surface area contributed by atoms with Crippen LogP contribution in [0.25, 0.3) is 11.1 Å². The van der Waals surface area contributed by atoms with E-state index in [9.17, 15) is 36.6 Å². The van der Waals surface area contributed by atoms with Crippen LogP contribution in [-0.2, 0) is 16.0 Å². The monoisotopic (exact) mass is 491 g/mol. The van der Waals surface area contributed by atoms with E-state index in [1.54, 1.807) is 0 Å². The lowest BCUT2D eigenvalue weighted by molar-refractivity contribution is -0.139. The van der Waals surface area contributed by atoms with E-state index >= 15 is 0 Å². The number of hydrogen-bond acceptors (Lipinski definition) is 3. The second kappa shape index (κ2) is 9.73. The molecule has 1 aliphatic rings. The second-order valence-electron chi connectivity index (χ2n) is 7.95. The average Bonchev–Trinajstić information content (AvgIpc) is 3.18. The van der Waals surface area contributed by atoms with Gasteiger partial charge in [0.15, 0.2) is 23.3 Å². The van der Waals surface area contributed by atoms with Gasteiger partial charge in [-0.25, -0.2) is 31.5 Å². The van der Waals surface area contributed by atoms with E-state index in [0.29, 0.717) is 0 Å². The molecule has 0 aliphatic heterocycles. The summed E-state index contributed by atoms with van der Waals surface area (Å²) in [4.78, 5) is 23.9. The van der Waals surface area contributed by atoms with Crippen LogP contribution in [0, 0.1) is 29.1 Å². The number of halogens is 5. The normalized spacial score (nSPS) is 13.2. The number of hydrogen-bond donors (Lipinski definition) is 2. The van der Waals surface area contributed by atoms with E-state index in [-0.39, 0.29) is 12.5 Å². The zero-order valence-electron chi connectivity index (χ0n) is 18.0. The summed E-state index contributed by atoms with van der Waals surface area (Å²) in [5, 5.41) is 11.4. The highest BCUT2D eigenvalue weighted by Gasteiger charge is 2.31. The molecule has 2 N–H and O–H groups in total. The maximum atomic E-state index is 13.9. The largest absolute Gasteiger partial charge is 0.480 e. The fourth-order valence-electron chi connectivity index (χ4n) is 4.20. The third-order valence-corrected chi connectivity index (χ3v) is 5.92. The van der Waals surface area contributed by atoms with Crippen molar-refractivity contribution in [2.45, 2.75) is 24.8 Å². The van der Waals surface area contributed by atoms with Gasteiger partial charge < -0.3 is 15.2 Å². The van der Waals surface area contributed by atoms with E-state index in [2.05, 4.69) is 5.32 Å². The first-order valence-corrected chi connectivity index (χ1v) is 10.5. The molecule has 0 fully saturated rings. The lowest BCUT2D eigenvalue weighted by atomic mass is 9.98. The van der Waals surface area contributed by atoms with Crippen LogP contribution in [0.4, 0.5) is 26.7 Å². The van der Waals surface area contributed by atoms with Gasteiger partial charge in [-0.2, -0.15) is 0 Å². The number of ether oxygens (including phenoxy) is 1. The first-order valence-electron chi connectivity index (χ1n) is 10.5. The standard InChI is InChI=1S/C25H18F5NO4/c26-19-16(20(27)22(29)23(30)21(19)28)9-10-18(24(32)33)31-25(34)35-11-17-14-7-3-1-5-12(14)13-6-2-4-8-15(13)17/h1-8,17-18H,9-11H2,(H,31,34)(H,32,33)/t18-/m0/s1. The minimum Gasteiger partial charge on any atom is -0.480 e. The van der Waals surface area contributed by atoms with Crippen LogP contribution in [0.1, 0.15) is 29.0 Å². The molecule has 0 unspecified atom stereocenters. The van der Waals surface area contributed by atoms with Crippen LogP contribution >= 0.6 is 0 Å². The SMILES string of the molecule is O=C(N[C@@H](CCc1c(F)c(F)c(F)c(F)c1F)C(=O)O)OCC1c2ccccc2-c2ccccc21. The summed E-state index contributed by atoms with van der Waals surface area (Å²) in [6, 6.07) is 13.4. The molecule has 5 nitrogen and oxygen atoms in total. The van der Waals surface area contributed by atoms with Crippen molar-refractivity contribution in [1.82, 2.24) is 5.32 Å². The molecule has 0 saturated carbocycles. The number of aliphatic carboxylic acids is 1. The van der Waals surface area contributed by atoms with Crippen molar-refractivity contribution in [3.8, 4) is 11.1 Å². The molecule has 0 aromatic heterocycles. The van der Waals surface area contributed by atoms with Gasteiger partial charge in [-0.05, 0) is 35.1 Å². The van der Waals surface area contributed by atoms with Crippen molar-refractivity contribution in [2.24, 2.45) is 0 Å². The fourth-order valence-corrected chi connectivity index (χ4v) is 4.20. The lowest BCUT2D eigenvalue weighted by Crippen LogP contribution is -2.41. The first kappa shape index (κ1) is 24.2. The predicted molar refractivity (Wildman–Crippen MR) is 114 cm³/mol. The van der Waals surface area contributed by atoms with Gasteiger partial charge in [-0.1, -0.05) is 48.5 Å². The zero-order chi connectivity index (χ0) is 25.3. The van der Waals surface area contributed by atoms with Gasteiger partial charge in [-0.3, -0.25) is 0 Å². The third kappa shape index (κ3) is 4.55. The van der Waals surface area contributed by atoms with Crippen LogP contribution in [-0.4, -0.2) is 29.8 Å². The Bertz CT molecular complexity index is 1240. The molecule has 0 heterocycles. The Kier molecular flexibility index (Phi) is 6.72. The molecule has 0 spiro atoms. The topological polar surface area (TPSA) is 75.6 Å². The summed E-state index contributed by atoms with van der Waals surface area (Å²) in [6.07, 6.45) is -2.57. The molecule has 10 heteroatoms. The van der Waals surface area contributed by atoms with Crippen LogP contribution in [0.15, 0.2) is 48.5 Å². The van der Waals surface area contributed by atoms with Crippen LogP contribution < -0.4 is 5.32 Å². The van der Waals surface area contributed by atoms with E-state index in [1.165, 1.54) is 0 Å². The lowest BCUT2D eigenvalue weighted by Gasteiger charge is -2.18. The van der Waals surface area contributed by atoms with Crippen LogP contribution in [0.3, 0.4) is 0 Å². The second-order valence-corrected chi connectivity index (χ2v) is 7.95. The van der Waals surface area contributed by atoms with Crippen LogP contribution in [0.2, 0.25) is 0 Å². The average molecular weight is 491 g/mol. The summed E-state index contributed by atoms with van der Waals surface area (Å²) in [6.45, 7) is -0.107. The third-order valence-electron chi connectivity index (χ3n) is 5.92. The Morgan fingerprint density at radius 1 is 0.829 bits per heavy atom. The highest BCUT2D eigenvalue weighted by molar-refractivity contribution is 5.81. The number of carbonyl (C=O) groups is 2. The van der Waals surface area contributed by atoms with Gasteiger partial charge >= 0.3 is 12.1 Å². The van der Waals surface area contributed by atoms with Crippen molar-refractivity contribution in [1.29, 1.82) is 0 Å². The molecule has 0 saturated heterocycles. The summed E-state index contributed by atoms with van der Waals surface area (Å²) < 4.78 is 73.0. The molecular formula is C25H18F5NO4. The Morgan fingerprint density at radius 2 is 1.31 bits per heavy atom. The highest BCUT2D eigenvalue weighted by Crippen LogP contribution is 2.44. The van der Waals surface area contributed by atoms with Crippen molar-refractivity contribution in [3.05, 3.63) is 94.3 Å². The summed E-state index contributed by atoms with van der Waals surface area (Å²) >= 11 is 0. The smallest absolute Gasteiger partial charge is 0.407 e. The Hall–Kier alpha value is -3.95. The molecule has 1 aliphatic carbocycles. The van der Waals surface area contributed by atoms with Gasteiger partial charge in [0.2, 0.25) is 5.82 Å². The van der Waals surface area contributed by atoms with Crippen molar-refractivity contribution < 1.29 is 41.4 Å².